The van der Waals surface area contributed by atoms with Gasteiger partial charge in [-0.25, -0.2) is 0 Å². The zero-order chi connectivity index (χ0) is 23.1. The van der Waals surface area contributed by atoms with Crippen LogP contribution in [0.25, 0.3) is 53.7 Å². The Morgan fingerprint density at radius 2 is 1.24 bits per heavy atom. The van der Waals surface area contributed by atoms with Crippen LogP contribution in [-0.2, 0) is 35.0 Å². The minimum atomic E-state index is -0.0844. The van der Waals surface area contributed by atoms with Crippen LogP contribution < -0.4 is 24.8 Å². The van der Waals surface area contributed by atoms with Gasteiger partial charge in [0.25, 0.3) is 0 Å². The molecule has 1 heterocycles. The van der Waals surface area contributed by atoms with Gasteiger partial charge in [0.05, 0.1) is 0 Å². The van der Waals surface area contributed by atoms with E-state index in [0.29, 0.717) is 0 Å². The van der Waals surface area contributed by atoms with Gasteiger partial charge in [0.1, 0.15) is 0 Å². The van der Waals surface area contributed by atoms with Gasteiger partial charge in [-0.2, -0.15) is 18.2 Å². The molecule has 2 atom stereocenters. The van der Waals surface area contributed by atoms with Crippen molar-refractivity contribution in [2.75, 3.05) is 0 Å². The van der Waals surface area contributed by atoms with Gasteiger partial charge < -0.3 is 24.8 Å². The van der Waals surface area contributed by atoms with Gasteiger partial charge in [-0.1, -0.05) is 82.8 Å². The first-order valence-electron chi connectivity index (χ1n) is 11.7. The molecule has 2 unspecified atom stereocenters. The molecule has 0 aliphatic heterocycles. The fourth-order valence-corrected chi connectivity index (χ4v) is 10.0. The fourth-order valence-electron chi connectivity index (χ4n) is 4.99. The number of hydrogen-bond acceptors (Lipinski definition) is 0. The molecule has 37 heavy (non-hydrogen) atoms. The van der Waals surface area contributed by atoms with Gasteiger partial charge in [0.15, 0.2) is 0 Å². The van der Waals surface area contributed by atoms with E-state index in [4.69, 9.17) is 0 Å². The minimum Gasteiger partial charge on any atom is -1.00 e. The van der Waals surface area contributed by atoms with E-state index in [0.717, 1.165) is 0 Å². The van der Waals surface area contributed by atoms with E-state index in [1.54, 1.807) is 10.2 Å². The fraction of sp³-hybridized carbons (Fsp3) is 0.0625. The molecule has 0 aliphatic carbocycles. The first-order valence-corrected chi connectivity index (χ1v) is 15.9. The first kappa shape index (κ1) is 29.5. The Labute approximate surface area is 247 Å². The SMILES string of the molecule is Cp1c2cc3c(cccc3c3ccccc3p1C)[cH-]2.[Cl-].[Cl-].[Ti+4].c1ccc(-c2cccc3[cH-]ccc23)cc1. The summed E-state index contributed by atoms with van der Waals surface area (Å²) in [5, 5.41) is 11.5. The zero-order valence-corrected chi connectivity index (χ0v) is 25.6. The quantitative estimate of drug-likeness (QED) is 0.192. The van der Waals surface area contributed by atoms with E-state index < -0.39 is 0 Å². The zero-order valence-electron chi connectivity index (χ0n) is 20.7. The number of benzene rings is 4. The molecule has 7 rings (SSSR count). The molecular formula is C32H26Cl2P2Ti. The van der Waals surface area contributed by atoms with Gasteiger partial charge in [-0.3, -0.25) is 0 Å². The Morgan fingerprint density at radius 3 is 2.05 bits per heavy atom. The molecule has 1 aromatic heterocycles. The predicted octanol–water partition coefficient (Wildman–Crippen LogP) is 4.71. The number of hydrogen-bond donors (Lipinski definition) is 0. The molecule has 0 radical (unpaired) electrons. The van der Waals surface area contributed by atoms with Gasteiger partial charge >= 0.3 is 21.7 Å². The number of aryl methyl sites for hydroxylation is 2. The molecule has 0 fully saturated rings. The van der Waals surface area contributed by atoms with Crippen LogP contribution >= 0.6 is 14.4 Å². The maximum Gasteiger partial charge on any atom is 4.00 e. The second kappa shape index (κ2) is 12.7. The van der Waals surface area contributed by atoms with Crippen LogP contribution in [0.1, 0.15) is 0 Å². The van der Waals surface area contributed by atoms with Gasteiger partial charge in [-0.05, 0) is 24.3 Å². The van der Waals surface area contributed by atoms with Crippen molar-refractivity contribution in [2.24, 2.45) is 13.3 Å². The molecule has 0 N–H and O–H groups in total. The van der Waals surface area contributed by atoms with Crippen LogP contribution in [0, 0.1) is 0 Å². The van der Waals surface area contributed by atoms with Crippen LogP contribution in [0.2, 0.25) is 0 Å². The van der Waals surface area contributed by atoms with Crippen LogP contribution in [0.15, 0.2) is 121 Å². The van der Waals surface area contributed by atoms with Crippen LogP contribution in [-0.4, -0.2) is 0 Å². The van der Waals surface area contributed by atoms with E-state index in [9.17, 15) is 0 Å². The third kappa shape index (κ3) is 5.58. The summed E-state index contributed by atoms with van der Waals surface area (Å²) in [6, 6.07) is 44.0. The Morgan fingerprint density at radius 1 is 0.568 bits per heavy atom. The van der Waals surface area contributed by atoms with Crippen molar-refractivity contribution < 1.29 is 46.5 Å². The van der Waals surface area contributed by atoms with Crippen molar-refractivity contribution >= 4 is 57.0 Å². The maximum atomic E-state index is 2.44. The Bertz CT molecular complexity index is 1790. The average molecular weight is 591 g/mol. The molecule has 0 saturated carbocycles. The second-order valence-electron chi connectivity index (χ2n) is 8.79. The topological polar surface area (TPSA) is 0 Å². The Kier molecular flexibility index (Phi) is 10.1. The normalized spacial score (nSPS) is 11.3. The summed E-state index contributed by atoms with van der Waals surface area (Å²) in [5.41, 5.74) is 2.60. The molecule has 5 heteroatoms. The summed E-state index contributed by atoms with van der Waals surface area (Å²) < 4.78 is 0. The molecule has 7 aromatic rings. The van der Waals surface area contributed by atoms with E-state index in [1.165, 1.54) is 43.4 Å². The van der Waals surface area contributed by atoms with Gasteiger partial charge in [0.2, 0.25) is 0 Å². The number of fused-ring (bicyclic) bond motifs is 4. The average Bonchev–Trinajstić information content (AvgIpc) is 3.55. The maximum absolute atomic E-state index is 2.44. The summed E-state index contributed by atoms with van der Waals surface area (Å²) in [5.74, 6) is 0. The molecule has 0 aliphatic rings. The van der Waals surface area contributed by atoms with Crippen molar-refractivity contribution in [1.29, 1.82) is 0 Å². The summed E-state index contributed by atoms with van der Waals surface area (Å²) in [4.78, 5) is 0. The third-order valence-electron chi connectivity index (χ3n) is 6.87. The monoisotopic (exact) mass is 590 g/mol. The molecular weight excluding hydrogens is 565 g/mol. The molecule has 0 amide bonds. The van der Waals surface area contributed by atoms with E-state index >= 15 is 0 Å². The summed E-state index contributed by atoms with van der Waals surface area (Å²) in [6.07, 6.45) is 0. The minimum absolute atomic E-state index is 0. The van der Waals surface area contributed by atoms with E-state index in [2.05, 4.69) is 135 Å². The molecule has 182 valence electrons. The Hall–Kier alpha value is -2.01. The van der Waals surface area contributed by atoms with Crippen molar-refractivity contribution in [2.45, 2.75) is 0 Å². The molecule has 0 nitrogen and oxygen atoms in total. The van der Waals surface area contributed by atoms with E-state index in [1.807, 2.05) is 0 Å². The van der Waals surface area contributed by atoms with Crippen molar-refractivity contribution in [3.63, 3.8) is 0 Å². The standard InChI is InChI=1S/C17H15P2.C15H11.2ClH.Ti/c1-18-13-10-12-6-5-8-14(16(12)11-13)15-7-3-4-9-17(15)19(18)2;1-2-6-12(7-3-1)14-10-4-8-13-9-5-11-15(13)14;;;/h3-11H,1-2H3;1-11H;2*1H;/q2*-1;;;+4/p-2. The third-order valence-corrected chi connectivity index (χ3v) is 13.9. The number of rotatable bonds is 1. The van der Waals surface area contributed by atoms with E-state index in [-0.39, 0.29) is 61.0 Å². The Balaban J connectivity index is 0.000000195. The summed E-state index contributed by atoms with van der Waals surface area (Å²) in [6.45, 7) is 4.89. The largest absolute Gasteiger partial charge is 4.00 e. The van der Waals surface area contributed by atoms with Crippen LogP contribution in [0.3, 0.4) is 0 Å². The molecule has 0 saturated heterocycles. The smallest absolute Gasteiger partial charge is 1.00 e. The second-order valence-corrected chi connectivity index (χ2v) is 15.5. The summed E-state index contributed by atoms with van der Waals surface area (Å²) in [7, 11) is -0.145. The molecule has 0 spiro atoms. The molecule has 6 aromatic carbocycles. The van der Waals surface area contributed by atoms with Gasteiger partial charge in [0, 0.05) is 5.12 Å². The van der Waals surface area contributed by atoms with Crippen LogP contribution in [0.5, 0.6) is 0 Å². The summed E-state index contributed by atoms with van der Waals surface area (Å²) >= 11 is 0. The number of halogens is 2. The molecule has 2 bridgehead atoms. The van der Waals surface area contributed by atoms with Crippen LogP contribution in [0.4, 0.5) is 0 Å². The predicted molar refractivity (Wildman–Crippen MR) is 156 cm³/mol. The van der Waals surface area contributed by atoms with Gasteiger partial charge in [-0.15, -0.1) is 72.4 Å². The van der Waals surface area contributed by atoms with Crippen molar-refractivity contribution in [3.8, 4) is 11.1 Å². The first-order chi connectivity index (χ1) is 16.7. The van der Waals surface area contributed by atoms with Crippen molar-refractivity contribution in [1.82, 2.24) is 0 Å². The van der Waals surface area contributed by atoms with Crippen molar-refractivity contribution in [3.05, 3.63) is 121 Å².